The monoisotopic (exact) mass is 166 g/mol. The molecule has 1 rings (SSSR count). The predicted molar refractivity (Wildman–Crippen MR) is 34.6 cm³/mol. The molecule has 0 heterocycles. The highest BCUT2D eigenvalue weighted by atomic mass is 35.5. The van der Waals surface area contributed by atoms with Crippen molar-refractivity contribution in [1.82, 2.24) is 0 Å². The Balaban J connectivity index is 2.81. The fraction of sp³-hybridized carbons (Fsp3) is 0.833. The summed E-state index contributed by atoms with van der Waals surface area (Å²) in [6.07, 6.45) is 0. The van der Waals surface area contributed by atoms with Crippen LogP contribution in [0.3, 0.4) is 0 Å². The maximum absolute atomic E-state index is 12.9. The van der Waals surface area contributed by atoms with E-state index >= 15 is 0 Å². The van der Waals surface area contributed by atoms with Crippen LogP contribution in [-0.4, -0.2) is 16.2 Å². The number of hydrogen-bond acceptors (Lipinski definition) is 1. The van der Waals surface area contributed by atoms with E-state index in [1.54, 1.807) is 0 Å². The molecule has 4 heteroatoms. The van der Waals surface area contributed by atoms with Gasteiger partial charge < -0.3 is 5.11 Å². The van der Waals surface area contributed by atoms with Gasteiger partial charge in [-0.2, -0.15) is 0 Å². The lowest BCUT2D eigenvalue weighted by Gasteiger charge is -1.96. The van der Waals surface area contributed by atoms with Crippen molar-refractivity contribution in [3.63, 3.8) is 0 Å². The second-order valence-corrected chi connectivity index (χ2v) is 3.67. The fourth-order valence-electron chi connectivity index (χ4n) is 1.12. The number of carboxylic acid groups (broad SMARTS) is 1. The van der Waals surface area contributed by atoms with E-state index in [0.717, 1.165) is 0 Å². The number of halogens is 2. The van der Waals surface area contributed by atoms with Crippen LogP contribution in [0.4, 0.5) is 4.39 Å². The molecule has 1 N–H and O–H groups in total. The Bertz CT molecular complexity index is 174. The van der Waals surface area contributed by atoms with E-state index in [1.165, 1.54) is 13.8 Å². The zero-order valence-electron chi connectivity index (χ0n) is 5.69. The zero-order valence-corrected chi connectivity index (χ0v) is 6.44. The Morgan fingerprint density at radius 1 is 1.70 bits per heavy atom. The lowest BCUT2D eigenvalue weighted by Crippen LogP contribution is -2.04. The van der Waals surface area contributed by atoms with Crippen LogP contribution in [-0.2, 0) is 4.79 Å². The van der Waals surface area contributed by atoms with E-state index in [-0.39, 0.29) is 0 Å². The van der Waals surface area contributed by atoms with Crippen LogP contribution in [0, 0.1) is 11.3 Å². The Hall–Kier alpha value is -0.310. The molecule has 0 radical (unpaired) electrons. The average Bonchev–Trinajstić information content (AvgIpc) is 1.97. The molecule has 1 fully saturated rings. The number of hydrogen-bond donors (Lipinski definition) is 1. The summed E-state index contributed by atoms with van der Waals surface area (Å²) in [7, 11) is 0. The molecule has 0 aliphatic heterocycles. The summed E-state index contributed by atoms with van der Waals surface area (Å²) in [5.74, 6) is -2.22. The quantitative estimate of drug-likeness (QED) is 0.602. The van der Waals surface area contributed by atoms with Crippen molar-refractivity contribution < 1.29 is 14.3 Å². The van der Waals surface area contributed by atoms with Gasteiger partial charge in [-0.05, 0) is 0 Å². The van der Waals surface area contributed by atoms with Gasteiger partial charge in [-0.1, -0.05) is 25.4 Å². The van der Waals surface area contributed by atoms with Gasteiger partial charge in [0, 0.05) is 5.41 Å². The molecular weight excluding hydrogens is 159 g/mol. The van der Waals surface area contributed by atoms with Gasteiger partial charge in [-0.15, -0.1) is 0 Å². The van der Waals surface area contributed by atoms with Crippen molar-refractivity contribution in [3.05, 3.63) is 0 Å². The van der Waals surface area contributed by atoms with Crippen molar-refractivity contribution in [3.8, 4) is 0 Å². The van der Waals surface area contributed by atoms with Crippen LogP contribution < -0.4 is 0 Å². The molecule has 2 nitrogen and oxygen atoms in total. The average molecular weight is 167 g/mol. The first-order valence-electron chi connectivity index (χ1n) is 2.92. The molecule has 0 aromatic heterocycles. The van der Waals surface area contributed by atoms with Crippen LogP contribution in [0.5, 0.6) is 0 Å². The highest BCUT2D eigenvalue weighted by Crippen LogP contribution is 2.66. The van der Waals surface area contributed by atoms with Gasteiger partial charge in [-0.25, -0.2) is 4.39 Å². The lowest BCUT2D eigenvalue weighted by molar-refractivity contribution is -0.139. The first-order valence-corrected chi connectivity index (χ1v) is 3.30. The maximum atomic E-state index is 12.9. The minimum absolute atomic E-state index is 0.916. The molecule has 58 valence electrons. The van der Waals surface area contributed by atoms with Crippen LogP contribution in [0.1, 0.15) is 13.8 Å². The standard InChI is InChI=1S/C6H8ClFO2/c1-5(2)3(4(9)10)6(5,7)8/h3H,1-2H3,(H,9,10). The number of rotatable bonds is 1. The topological polar surface area (TPSA) is 37.3 Å². The summed E-state index contributed by atoms with van der Waals surface area (Å²) in [6, 6.07) is 0. The Kier molecular flexibility index (Phi) is 1.28. The van der Waals surface area contributed by atoms with Gasteiger partial charge in [0.05, 0.1) is 0 Å². The predicted octanol–water partition coefficient (Wildman–Crippen LogP) is 1.63. The molecule has 0 aromatic rings. The molecule has 1 aliphatic rings. The van der Waals surface area contributed by atoms with E-state index in [2.05, 4.69) is 0 Å². The molecule has 2 unspecified atom stereocenters. The van der Waals surface area contributed by atoms with E-state index in [0.29, 0.717) is 0 Å². The van der Waals surface area contributed by atoms with Crippen LogP contribution in [0.15, 0.2) is 0 Å². The Labute approximate surface area is 63.0 Å². The van der Waals surface area contributed by atoms with E-state index in [4.69, 9.17) is 16.7 Å². The number of carbonyl (C=O) groups is 1. The molecular formula is C6H8ClFO2. The Morgan fingerprint density at radius 2 is 2.00 bits per heavy atom. The van der Waals surface area contributed by atoms with Gasteiger partial charge in [0.1, 0.15) is 5.92 Å². The second-order valence-electron chi connectivity index (χ2n) is 3.12. The van der Waals surface area contributed by atoms with Crippen molar-refractivity contribution in [1.29, 1.82) is 0 Å². The van der Waals surface area contributed by atoms with Crippen molar-refractivity contribution >= 4 is 17.6 Å². The number of aliphatic carboxylic acids is 1. The minimum atomic E-state index is -2.04. The third-order valence-corrected chi connectivity index (χ3v) is 2.81. The first kappa shape index (κ1) is 7.79. The first-order chi connectivity index (χ1) is 4.32. The summed E-state index contributed by atoms with van der Waals surface area (Å²) >= 11 is 5.25. The van der Waals surface area contributed by atoms with E-state index in [9.17, 15) is 9.18 Å². The second kappa shape index (κ2) is 1.64. The summed E-state index contributed by atoms with van der Waals surface area (Å²) in [5, 5.41) is 6.36. The largest absolute Gasteiger partial charge is 0.481 e. The van der Waals surface area contributed by atoms with Crippen molar-refractivity contribution in [2.24, 2.45) is 11.3 Å². The summed E-state index contributed by atoms with van der Waals surface area (Å²) in [5.41, 5.74) is -0.916. The summed E-state index contributed by atoms with van der Waals surface area (Å²) in [4.78, 5) is 10.3. The molecule has 0 bridgehead atoms. The molecule has 0 aromatic carbocycles. The van der Waals surface area contributed by atoms with E-state index in [1.807, 2.05) is 0 Å². The van der Waals surface area contributed by atoms with Gasteiger partial charge in [0.15, 0.2) is 0 Å². The number of alkyl halides is 2. The molecule has 0 spiro atoms. The highest BCUT2D eigenvalue weighted by molar-refractivity contribution is 6.28. The van der Waals surface area contributed by atoms with Crippen LogP contribution in [0.2, 0.25) is 0 Å². The number of carboxylic acids is 1. The van der Waals surface area contributed by atoms with Gasteiger partial charge >= 0.3 is 5.97 Å². The summed E-state index contributed by atoms with van der Waals surface area (Å²) in [6.45, 7) is 3.00. The summed E-state index contributed by atoms with van der Waals surface area (Å²) < 4.78 is 12.9. The smallest absolute Gasteiger partial charge is 0.311 e. The fourth-order valence-corrected chi connectivity index (χ4v) is 1.54. The van der Waals surface area contributed by atoms with Crippen LogP contribution >= 0.6 is 11.6 Å². The highest BCUT2D eigenvalue weighted by Gasteiger charge is 2.76. The van der Waals surface area contributed by atoms with Gasteiger partial charge in [-0.3, -0.25) is 4.79 Å². The van der Waals surface area contributed by atoms with Crippen molar-refractivity contribution in [2.45, 2.75) is 19.0 Å². The molecule has 0 saturated heterocycles. The Morgan fingerprint density at radius 3 is 2.00 bits per heavy atom. The molecule has 1 saturated carbocycles. The molecule has 10 heavy (non-hydrogen) atoms. The third kappa shape index (κ3) is 0.669. The van der Waals surface area contributed by atoms with Gasteiger partial charge in [0.2, 0.25) is 5.13 Å². The maximum Gasteiger partial charge on any atom is 0.311 e. The van der Waals surface area contributed by atoms with Crippen LogP contribution in [0.25, 0.3) is 0 Å². The van der Waals surface area contributed by atoms with Gasteiger partial charge in [0.25, 0.3) is 0 Å². The molecule has 0 amide bonds. The lowest BCUT2D eigenvalue weighted by atomic mass is 10.1. The molecule has 1 aliphatic carbocycles. The molecule has 2 atom stereocenters. The SMILES string of the molecule is CC1(C)C(C(=O)O)C1(F)Cl. The minimum Gasteiger partial charge on any atom is -0.481 e. The van der Waals surface area contributed by atoms with Crippen molar-refractivity contribution in [2.75, 3.05) is 0 Å². The normalized spacial score (nSPS) is 43.0. The zero-order chi connectivity index (χ0) is 8.15. The third-order valence-electron chi connectivity index (χ3n) is 2.11. The van der Waals surface area contributed by atoms with E-state index < -0.39 is 22.4 Å².